The first-order chi connectivity index (χ1) is 8.11. The maximum absolute atomic E-state index is 11.8. The Morgan fingerprint density at radius 1 is 1.41 bits per heavy atom. The van der Waals surface area contributed by atoms with E-state index in [1.54, 1.807) is 11.8 Å². The van der Waals surface area contributed by atoms with Gasteiger partial charge in [-0.15, -0.1) is 0 Å². The van der Waals surface area contributed by atoms with Crippen molar-refractivity contribution in [3.63, 3.8) is 0 Å². The molecule has 0 aromatic rings. The minimum atomic E-state index is -0.858. The quantitative estimate of drug-likeness (QED) is 0.736. The summed E-state index contributed by atoms with van der Waals surface area (Å²) >= 11 is 0. The topological polar surface area (TPSA) is 66.8 Å². The van der Waals surface area contributed by atoms with Gasteiger partial charge in [0.15, 0.2) is 0 Å². The number of carboxylic acids is 1. The molecule has 0 aromatic carbocycles. The monoisotopic (exact) mass is 243 g/mol. The molecule has 0 bridgehead atoms. The van der Waals surface area contributed by atoms with E-state index in [1.165, 1.54) is 0 Å². The number of piperidine rings is 1. The van der Waals surface area contributed by atoms with Crippen LogP contribution in [0.4, 0.5) is 0 Å². The lowest BCUT2D eigenvalue weighted by Gasteiger charge is -2.37. The van der Waals surface area contributed by atoms with E-state index < -0.39 is 12.0 Å². The van der Waals surface area contributed by atoms with Crippen LogP contribution in [0.25, 0.3) is 0 Å². The highest BCUT2D eigenvalue weighted by atomic mass is 16.5. The molecule has 0 aromatic heterocycles. The zero-order valence-corrected chi connectivity index (χ0v) is 10.5. The number of carbonyl (C=O) groups excluding carboxylic acids is 1. The zero-order chi connectivity index (χ0) is 12.8. The van der Waals surface area contributed by atoms with Crippen LogP contribution >= 0.6 is 0 Å². The third-order valence-corrected chi connectivity index (χ3v) is 3.17. The lowest BCUT2D eigenvalue weighted by molar-refractivity contribution is -0.156. The van der Waals surface area contributed by atoms with E-state index in [2.05, 4.69) is 0 Å². The zero-order valence-electron chi connectivity index (χ0n) is 10.5. The molecular formula is C12H21NO4. The van der Waals surface area contributed by atoms with Gasteiger partial charge in [-0.25, -0.2) is 0 Å². The average Bonchev–Trinajstić information content (AvgIpc) is 2.30. The lowest BCUT2D eigenvalue weighted by atomic mass is 9.99. The normalized spacial score (nSPS) is 23.1. The number of carboxylic acid groups (broad SMARTS) is 1. The second-order valence-corrected chi connectivity index (χ2v) is 4.26. The minimum Gasteiger partial charge on any atom is -0.480 e. The first-order valence-corrected chi connectivity index (χ1v) is 6.27. The van der Waals surface area contributed by atoms with Crippen LogP contribution in [0, 0.1) is 0 Å². The molecule has 0 amide bonds. The molecule has 2 atom stereocenters. The molecule has 0 radical (unpaired) electrons. The van der Waals surface area contributed by atoms with Crippen molar-refractivity contribution in [3.8, 4) is 0 Å². The smallest absolute Gasteiger partial charge is 0.323 e. The second-order valence-electron chi connectivity index (χ2n) is 4.26. The summed E-state index contributed by atoms with van der Waals surface area (Å²) in [6, 6.07) is -0.963. The number of nitrogens with zero attached hydrogens (tertiary/aromatic N) is 1. The summed E-state index contributed by atoms with van der Waals surface area (Å²) in [7, 11) is 0. The standard InChI is InChI=1S/C12H21NO4/c1-3-9(11(14)15)13-8-6-5-7-10(13)12(16)17-4-2/h9-10H,3-8H2,1-2H3,(H,14,15). The molecule has 1 aliphatic rings. The average molecular weight is 243 g/mol. The van der Waals surface area contributed by atoms with Gasteiger partial charge in [0.05, 0.1) is 6.61 Å². The first kappa shape index (κ1) is 14.0. The number of esters is 1. The third kappa shape index (κ3) is 3.43. The number of hydrogen-bond donors (Lipinski definition) is 1. The Bertz CT molecular complexity index is 280. The van der Waals surface area contributed by atoms with E-state index in [0.717, 1.165) is 12.8 Å². The fourth-order valence-electron chi connectivity index (χ4n) is 2.37. The molecule has 1 rings (SSSR count). The molecule has 2 unspecified atom stereocenters. The summed E-state index contributed by atoms with van der Waals surface area (Å²) in [4.78, 5) is 24.7. The number of likely N-dealkylation sites (tertiary alicyclic amines) is 1. The van der Waals surface area contributed by atoms with Crippen molar-refractivity contribution in [2.45, 2.75) is 51.6 Å². The summed E-state index contributed by atoms with van der Waals surface area (Å²) in [5.74, 6) is -1.14. The second kappa shape index (κ2) is 6.59. The SMILES string of the molecule is CCOC(=O)C1CCCCN1C(CC)C(=O)O. The van der Waals surface area contributed by atoms with Gasteiger partial charge in [0.1, 0.15) is 12.1 Å². The van der Waals surface area contributed by atoms with Crippen molar-refractivity contribution in [2.75, 3.05) is 13.2 Å². The van der Waals surface area contributed by atoms with E-state index in [0.29, 0.717) is 26.0 Å². The van der Waals surface area contributed by atoms with Crippen LogP contribution in [-0.4, -0.2) is 47.2 Å². The molecule has 98 valence electrons. The Balaban J connectivity index is 2.77. The van der Waals surface area contributed by atoms with Crippen molar-refractivity contribution in [2.24, 2.45) is 0 Å². The summed E-state index contributed by atoms with van der Waals surface area (Å²) in [5, 5.41) is 9.16. The van der Waals surface area contributed by atoms with Gasteiger partial charge in [-0.2, -0.15) is 0 Å². The molecule has 5 heteroatoms. The van der Waals surface area contributed by atoms with Crippen molar-refractivity contribution in [3.05, 3.63) is 0 Å². The minimum absolute atomic E-state index is 0.285. The Labute approximate surface area is 102 Å². The number of carbonyl (C=O) groups is 2. The molecule has 1 fully saturated rings. The van der Waals surface area contributed by atoms with Crippen molar-refractivity contribution in [1.29, 1.82) is 0 Å². The molecule has 5 nitrogen and oxygen atoms in total. The van der Waals surface area contributed by atoms with E-state index in [9.17, 15) is 9.59 Å². The van der Waals surface area contributed by atoms with Gasteiger partial charge in [-0.3, -0.25) is 14.5 Å². The van der Waals surface area contributed by atoms with Crippen LogP contribution in [0.15, 0.2) is 0 Å². The highest BCUT2D eigenvalue weighted by molar-refractivity contribution is 5.78. The summed E-state index contributed by atoms with van der Waals surface area (Å²) in [6.45, 7) is 4.59. The number of aliphatic carboxylic acids is 1. The van der Waals surface area contributed by atoms with Gasteiger partial charge in [-0.05, 0) is 32.7 Å². The molecule has 17 heavy (non-hydrogen) atoms. The fourth-order valence-corrected chi connectivity index (χ4v) is 2.37. The Morgan fingerprint density at radius 2 is 2.12 bits per heavy atom. The Hall–Kier alpha value is -1.10. The Kier molecular flexibility index (Phi) is 5.41. The van der Waals surface area contributed by atoms with Crippen LogP contribution < -0.4 is 0 Å². The third-order valence-electron chi connectivity index (χ3n) is 3.17. The molecule has 1 heterocycles. The number of hydrogen-bond acceptors (Lipinski definition) is 4. The van der Waals surface area contributed by atoms with E-state index >= 15 is 0 Å². The predicted molar refractivity (Wildman–Crippen MR) is 62.7 cm³/mol. The van der Waals surface area contributed by atoms with Crippen molar-refractivity contribution < 1.29 is 19.4 Å². The van der Waals surface area contributed by atoms with Gasteiger partial charge in [0.2, 0.25) is 0 Å². The van der Waals surface area contributed by atoms with Gasteiger partial charge < -0.3 is 9.84 Å². The van der Waals surface area contributed by atoms with Crippen molar-refractivity contribution in [1.82, 2.24) is 4.90 Å². The van der Waals surface area contributed by atoms with Crippen LogP contribution in [0.2, 0.25) is 0 Å². The van der Waals surface area contributed by atoms with Gasteiger partial charge >= 0.3 is 11.9 Å². The highest BCUT2D eigenvalue weighted by Gasteiger charge is 2.36. The number of rotatable bonds is 5. The summed E-state index contributed by atoms with van der Waals surface area (Å²) < 4.78 is 5.01. The molecule has 0 saturated carbocycles. The van der Waals surface area contributed by atoms with Gasteiger partial charge in [0.25, 0.3) is 0 Å². The predicted octanol–water partition coefficient (Wildman–Crippen LogP) is 1.27. The van der Waals surface area contributed by atoms with Crippen LogP contribution in [0.1, 0.15) is 39.5 Å². The maximum atomic E-state index is 11.8. The first-order valence-electron chi connectivity index (χ1n) is 6.27. The van der Waals surface area contributed by atoms with Crippen LogP contribution in [0.3, 0.4) is 0 Å². The van der Waals surface area contributed by atoms with E-state index in [1.807, 2.05) is 6.92 Å². The maximum Gasteiger partial charge on any atom is 0.323 e. The summed E-state index contributed by atoms with van der Waals surface area (Å²) in [6.07, 6.45) is 3.10. The molecule has 0 spiro atoms. The van der Waals surface area contributed by atoms with Gasteiger partial charge in [-0.1, -0.05) is 13.3 Å². The molecule has 1 N–H and O–H groups in total. The van der Waals surface area contributed by atoms with Crippen LogP contribution in [-0.2, 0) is 14.3 Å². The van der Waals surface area contributed by atoms with E-state index in [4.69, 9.17) is 9.84 Å². The molecule has 0 aliphatic carbocycles. The van der Waals surface area contributed by atoms with Crippen LogP contribution in [0.5, 0.6) is 0 Å². The molecule has 1 saturated heterocycles. The fraction of sp³-hybridized carbons (Fsp3) is 0.833. The highest BCUT2D eigenvalue weighted by Crippen LogP contribution is 2.22. The van der Waals surface area contributed by atoms with E-state index in [-0.39, 0.29) is 12.0 Å². The number of ether oxygens (including phenoxy) is 1. The largest absolute Gasteiger partial charge is 0.480 e. The molecule has 1 aliphatic heterocycles. The molecular weight excluding hydrogens is 222 g/mol. The lowest BCUT2D eigenvalue weighted by Crippen LogP contribution is -2.53. The Morgan fingerprint density at radius 3 is 2.65 bits per heavy atom. The van der Waals surface area contributed by atoms with Gasteiger partial charge in [0, 0.05) is 0 Å². The van der Waals surface area contributed by atoms with Crippen molar-refractivity contribution >= 4 is 11.9 Å². The summed E-state index contributed by atoms with van der Waals surface area (Å²) in [5.41, 5.74) is 0.